The number of hydrogen-bond donors (Lipinski definition) is 1. The first-order valence-electron chi connectivity index (χ1n) is 4.38. The molecule has 1 aliphatic rings. The molecule has 13 heavy (non-hydrogen) atoms. The minimum absolute atomic E-state index is 0.330. The summed E-state index contributed by atoms with van der Waals surface area (Å²) in [5.41, 5.74) is 7.07. The monoisotopic (exact) mass is 289 g/mol. The van der Waals surface area contributed by atoms with Crippen LogP contribution in [0.25, 0.3) is 0 Å². The minimum atomic E-state index is 0.330. The van der Waals surface area contributed by atoms with Crippen LogP contribution in [0, 0.1) is 3.70 Å². The molecule has 1 aliphatic heterocycles. The van der Waals surface area contributed by atoms with Crippen molar-refractivity contribution in [3.8, 4) is 0 Å². The molecule has 4 heteroatoms. The van der Waals surface area contributed by atoms with Gasteiger partial charge in [0.05, 0.1) is 5.69 Å². The van der Waals surface area contributed by atoms with Crippen LogP contribution in [0.15, 0.2) is 18.3 Å². The van der Waals surface area contributed by atoms with E-state index in [-0.39, 0.29) is 0 Å². The minimum Gasteiger partial charge on any atom is -0.368 e. The SMILES string of the molecule is N[C@@H]1CCN(c2cccnc2I)C1. The second-order valence-corrected chi connectivity index (χ2v) is 4.33. The van der Waals surface area contributed by atoms with E-state index in [0.717, 1.165) is 23.2 Å². The molecule has 2 rings (SSSR count). The number of nitrogens with two attached hydrogens (primary N) is 1. The zero-order chi connectivity index (χ0) is 9.26. The third kappa shape index (κ3) is 1.94. The molecule has 2 heterocycles. The van der Waals surface area contributed by atoms with Crippen molar-refractivity contribution in [3.05, 3.63) is 22.0 Å². The summed E-state index contributed by atoms with van der Waals surface area (Å²) in [6.07, 6.45) is 2.91. The summed E-state index contributed by atoms with van der Waals surface area (Å²) in [6.45, 7) is 2.02. The van der Waals surface area contributed by atoms with Crippen molar-refractivity contribution < 1.29 is 0 Å². The van der Waals surface area contributed by atoms with E-state index in [4.69, 9.17) is 5.73 Å². The van der Waals surface area contributed by atoms with Gasteiger partial charge in [0, 0.05) is 25.3 Å². The summed E-state index contributed by atoms with van der Waals surface area (Å²) in [5, 5.41) is 0. The zero-order valence-electron chi connectivity index (χ0n) is 7.28. The summed E-state index contributed by atoms with van der Waals surface area (Å²) < 4.78 is 1.06. The summed E-state index contributed by atoms with van der Waals surface area (Å²) in [6, 6.07) is 4.41. The van der Waals surface area contributed by atoms with Gasteiger partial charge in [0.2, 0.25) is 0 Å². The number of aromatic nitrogens is 1. The summed E-state index contributed by atoms with van der Waals surface area (Å²) >= 11 is 2.26. The predicted octanol–water partition coefficient (Wildman–Crippen LogP) is 1.22. The molecule has 70 valence electrons. The van der Waals surface area contributed by atoms with Gasteiger partial charge in [0.15, 0.2) is 0 Å². The van der Waals surface area contributed by atoms with Crippen LogP contribution in [-0.2, 0) is 0 Å². The molecule has 1 atom stereocenters. The molecule has 1 aromatic rings. The third-order valence-corrected chi connectivity index (χ3v) is 3.14. The Kier molecular flexibility index (Phi) is 2.69. The molecule has 0 unspecified atom stereocenters. The Labute approximate surface area is 91.5 Å². The van der Waals surface area contributed by atoms with Gasteiger partial charge in [-0.05, 0) is 41.1 Å². The van der Waals surface area contributed by atoms with Crippen LogP contribution in [0.2, 0.25) is 0 Å². The Morgan fingerprint density at radius 2 is 2.46 bits per heavy atom. The fourth-order valence-corrected chi connectivity index (χ4v) is 2.30. The van der Waals surface area contributed by atoms with Gasteiger partial charge in [-0.2, -0.15) is 0 Å². The molecular weight excluding hydrogens is 277 g/mol. The Bertz CT molecular complexity index is 303. The second kappa shape index (κ2) is 3.79. The van der Waals surface area contributed by atoms with E-state index in [1.807, 2.05) is 12.3 Å². The number of nitrogens with zero attached hydrogens (tertiary/aromatic N) is 2. The van der Waals surface area contributed by atoms with Crippen LogP contribution in [0.5, 0.6) is 0 Å². The maximum atomic E-state index is 5.85. The number of anilines is 1. The van der Waals surface area contributed by atoms with Crippen LogP contribution in [-0.4, -0.2) is 24.1 Å². The highest BCUT2D eigenvalue weighted by Gasteiger charge is 2.20. The molecule has 0 amide bonds. The Balaban J connectivity index is 2.21. The van der Waals surface area contributed by atoms with Crippen LogP contribution >= 0.6 is 22.6 Å². The summed E-state index contributed by atoms with van der Waals surface area (Å²) in [5.74, 6) is 0. The first-order valence-corrected chi connectivity index (χ1v) is 5.46. The van der Waals surface area contributed by atoms with Crippen molar-refractivity contribution in [1.82, 2.24) is 4.98 Å². The highest BCUT2D eigenvalue weighted by molar-refractivity contribution is 14.1. The number of hydrogen-bond acceptors (Lipinski definition) is 3. The van der Waals surface area contributed by atoms with Crippen molar-refractivity contribution in [2.45, 2.75) is 12.5 Å². The van der Waals surface area contributed by atoms with Crippen LogP contribution in [0.1, 0.15) is 6.42 Å². The standard InChI is InChI=1S/C9H12IN3/c10-9-8(2-1-4-12-9)13-5-3-7(11)6-13/h1-2,4,7H,3,5-6,11H2/t7-/m1/s1. The van der Waals surface area contributed by atoms with Crippen molar-refractivity contribution in [2.24, 2.45) is 5.73 Å². The Hall–Kier alpha value is -0.360. The fourth-order valence-electron chi connectivity index (χ4n) is 1.62. The van der Waals surface area contributed by atoms with Crippen LogP contribution < -0.4 is 10.6 Å². The maximum absolute atomic E-state index is 5.85. The van der Waals surface area contributed by atoms with Gasteiger partial charge >= 0.3 is 0 Å². The van der Waals surface area contributed by atoms with Crippen molar-refractivity contribution in [3.63, 3.8) is 0 Å². The molecule has 3 nitrogen and oxygen atoms in total. The summed E-state index contributed by atoms with van der Waals surface area (Å²) in [7, 11) is 0. The third-order valence-electron chi connectivity index (χ3n) is 2.30. The molecule has 1 aromatic heterocycles. The molecule has 1 fully saturated rings. The van der Waals surface area contributed by atoms with Crippen LogP contribution in [0.3, 0.4) is 0 Å². The smallest absolute Gasteiger partial charge is 0.124 e. The van der Waals surface area contributed by atoms with Gasteiger partial charge in [-0.15, -0.1) is 0 Å². The van der Waals surface area contributed by atoms with E-state index < -0.39 is 0 Å². The molecule has 0 aromatic carbocycles. The molecule has 0 spiro atoms. The van der Waals surface area contributed by atoms with Gasteiger partial charge in [-0.25, -0.2) is 4.98 Å². The molecule has 0 radical (unpaired) electrons. The van der Waals surface area contributed by atoms with E-state index in [1.54, 1.807) is 0 Å². The molecular formula is C9H12IN3. The lowest BCUT2D eigenvalue weighted by Crippen LogP contribution is -2.26. The number of pyridine rings is 1. The highest BCUT2D eigenvalue weighted by Crippen LogP contribution is 2.23. The molecule has 0 saturated carbocycles. The van der Waals surface area contributed by atoms with Crippen molar-refractivity contribution >= 4 is 28.3 Å². The lowest BCUT2D eigenvalue weighted by atomic mass is 10.3. The first-order chi connectivity index (χ1) is 6.27. The molecule has 1 saturated heterocycles. The van der Waals surface area contributed by atoms with E-state index >= 15 is 0 Å². The molecule has 0 aliphatic carbocycles. The van der Waals surface area contributed by atoms with Gasteiger partial charge in [-0.3, -0.25) is 0 Å². The van der Waals surface area contributed by atoms with Gasteiger partial charge in [0.25, 0.3) is 0 Å². The zero-order valence-corrected chi connectivity index (χ0v) is 9.44. The van der Waals surface area contributed by atoms with E-state index in [0.29, 0.717) is 6.04 Å². The van der Waals surface area contributed by atoms with Crippen LogP contribution in [0.4, 0.5) is 5.69 Å². The lowest BCUT2D eigenvalue weighted by molar-refractivity contribution is 0.752. The maximum Gasteiger partial charge on any atom is 0.124 e. The van der Waals surface area contributed by atoms with E-state index in [2.05, 4.69) is 38.5 Å². The number of halogens is 1. The van der Waals surface area contributed by atoms with Gasteiger partial charge in [-0.1, -0.05) is 0 Å². The average molecular weight is 289 g/mol. The lowest BCUT2D eigenvalue weighted by Gasteiger charge is -2.18. The van der Waals surface area contributed by atoms with Gasteiger partial charge < -0.3 is 10.6 Å². The van der Waals surface area contributed by atoms with Gasteiger partial charge in [0.1, 0.15) is 3.70 Å². The number of rotatable bonds is 1. The average Bonchev–Trinajstić information content (AvgIpc) is 2.53. The predicted molar refractivity (Wildman–Crippen MR) is 61.8 cm³/mol. The van der Waals surface area contributed by atoms with Crippen molar-refractivity contribution in [2.75, 3.05) is 18.0 Å². The molecule has 0 bridgehead atoms. The highest BCUT2D eigenvalue weighted by atomic mass is 127. The second-order valence-electron chi connectivity index (χ2n) is 3.31. The normalized spacial score (nSPS) is 22.3. The molecule has 2 N–H and O–H groups in total. The quantitative estimate of drug-likeness (QED) is 0.624. The van der Waals surface area contributed by atoms with E-state index in [9.17, 15) is 0 Å². The first kappa shape index (κ1) is 9.21. The van der Waals surface area contributed by atoms with Crippen molar-refractivity contribution in [1.29, 1.82) is 0 Å². The van der Waals surface area contributed by atoms with E-state index in [1.165, 1.54) is 5.69 Å². The Morgan fingerprint density at radius 3 is 3.08 bits per heavy atom. The largest absolute Gasteiger partial charge is 0.368 e. The Morgan fingerprint density at radius 1 is 1.62 bits per heavy atom. The summed E-state index contributed by atoms with van der Waals surface area (Å²) in [4.78, 5) is 6.56. The fraction of sp³-hybridized carbons (Fsp3) is 0.444. The topological polar surface area (TPSA) is 42.1 Å².